The van der Waals surface area contributed by atoms with E-state index in [0.29, 0.717) is 11.3 Å². The molecule has 0 aromatic heterocycles. The fourth-order valence-corrected chi connectivity index (χ4v) is 3.14. The number of anilines is 1. The molecule has 2 aromatic rings. The molecule has 0 heterocycles. The third kappa shape index (κ3) is 3.37. The van der Waals surface area contributed by atoms with Gasteiger partial charge in [-0.05, 0) is 30.3 Å². The number of carbonyl (C=O) groups is 1. The molecule has 116 valence electrons. The monoisotopic (exact) mass is 320 g/mol. The normalized spacial score (nSPS) is 10.8. The van der Waals surface area contributed by atoms with Crippen molar-refractivity contribution in [2.24, 2.45) is 0 Å². The molecule has 0 atom stereocenters. The number of nitrogens with one attached hydrogen (secondary N) is 2. The average Bonchev–Trinajstić information content (AvgIpc) is 2.53. The van der Waals surface area contributed by atoms with Crippen molar-refractivity contribution in [3.63, 3.8) is 0 Å². The number of rotatable bonds is 5. The summed E-state index contributed by atoms with van der Waals surface area (Å²) < 4.78 is 32.4. The lowest BCUT2D eigenvalue weighted by Crippen LogP contribution is -2.18. The van der Waals surface area contributed by atoms with Gasteiger partial charge in [0.25, 0.3) is 15.9 Å². The molecule has 2 rings (SSSR count). The van der Waals surface area contributed by atoms with Gasteiger partial charge in [0.05, 0.1) is 7.11 Å². The van der Waals surface area contributed by atoms with Crippen LogP contribution in [0.25, 0.3) is 0 Å². The highest BCUT2D eigenvalue weighted by Gasteiger charge is 2.19. The predicted octanol–water partition coefficient (Wildman–Crippen LogP) is 1.86. The first-order valence-corrected chi connectivity index (χ1v) is 7.94. The van der Waals surface area contributed by atoms with Crippen molar-refractivity contribution < 1.29 is 17.9 Å². The Bertz CT molecular complexity index is 788. The highest BCUT2D eigenvalue weighted by atomic mass is 32.2. The van der Waals surface area contributed by atoms with E-state index in [2.05, 4.69) is 10.0 Å². The van der Waals surface area contributed by atoms with Gasteiger partial charge in [0.15, 0.2) is 0 Å². The molecule has 1 amide bonds. The molecule has 0 saturated heterocycles. The number of sulfonamides is 1. The third-order valence-corrected chi connectivity index (χ3v) is 4.38. The number of methoxy groups -OCH3 is 1. The van der Waals surface area contributed by atoms with Crippen LogP contribution in [0, 0.1) is 0 Å². The summed E-state index contributed by atoms with van der Waals surface area (Å²) in [6.45, 7) is 0. The van der Waals surface area contributed by atoms with Crippen molar-refractivity contribution in [1.82, 2.24) is 5.32 Å². The standard InChI is InChI=1S/C15H16N2O4S/c1-16-15(18)11-6-5-7-12(10-11)17-22(19,20)14-9-4-3-8-13(14)21-2/h3-10,17H,1-2H3,(H,16,18). The minimum Gasteiger partial charge on any atom is -0.495 e. The van der Waals surface area contributed by atoms with Gasteiger partial charge in [-0.25, -0.2) is 8.42 Å². The molecule has 0 aliphatic heterocycles. The molecule has 0 unspecified atom stereocenters. The number of para-hydroxylation sites is 1. The van der Waals surface area contributed by atoms with E-state index in [1.807, 2.05) is 0 Å². The van der Waals surface area contributed by atoms with E-state index < -0.39 is 10.0 Å². The number of hydrogen-bond acceptors (Lipinski definition) is 4. The second kappa shape index (κ2) is 6.48. The molecule has 0 bridgehead atoms. The summed E-state index contributed by atoms with van der Waals surface area (Å²) in [4.78, 5) is 11.6. The molecule has 6 nitrogen and oxygen atoms in total. The van der Waals surface area contributed by atoms with E-state index in [9.17, 15) is 13.2 Å². The van der Waals surface area contributed by atoms with Crippen molar-refractivity contribution in [3.8, 4) is 5.75 Å². The Morgan fingerprint density at radius 3 is 2.50 bits per heavy atom. The smallest absolute Gasteiger partial charge is 0.265 e. The van der Waals surface area contributed by atoms with E-state index >= 15 is 0 Å². The van der Waals surface area contributed by atoms with Crippen molar-refractivity contribution in [2.75, 3.05) is 18.9 Å². The maximum absolute atomic E-state index is 12.4. The Kier molecular flexibility index (Phi) is 4.67. The molecule has 0 aliphatic carbocycles. The minimum atomic E-state index is -3.81. The average molecular weight is 320 g/mol. The van der Waals surface area contributed by atoms with Gasteiger partial charge in [-0.3, -0.25) is 9.52 Å². The Balaban J connectivity index is 2.35. The summed E-state index contributed by atoms with van der Waals surface area (Å²) in [7, 11) is -0.901. The van der Waals surface area contributed by atoms with Gasteiger partial charge in [0, 0.05) is 18.3 Å². The predicted molar refractivity (Wildman–Crippen MR) is 83.6 cm³/mol. The molecule has 0 spiro atoms. The van der Waals surface area contributed by atoms with Crippen LogP contribution in [-0.4, -0.2) is 28.5 Å². The second-order valence-corrected chi connectivity index (χ2v) is 6.07. The molecular formula is C15H16N2O4S. The van der Waals surface area contributed by atoms with Gasteiger partial charge >= 0.3 is 0 Å². The third-order valence-electron chi connectivity index (χ3n) is 2.96. The highest BCUT2D eigenvalue weighted by Crippen LogP contribution is 2.25. The first-order chi connectivity index (χ1) is 10.5. The molecule has 2 aromatic carbocycles. The lowest BCUT2D eigenvalue weighted by Gasteiger charge is -2.12. The number of carbonyl (C=O) groups excluding carboxylic acids is 1. The molecule has 0 fully saturated rings. The molecule has 22 heavy (non-hydrogen) atoms. The molecular weight excluding hydrogens is 304 g/mol. The maximum Gasteiger partial charge on any atom is 0.265 e. The summed E-state index contributed by atoms with van der Waals surface area (Å²) in [6, 6.07) is 12.5. The fourth-order valence-electron chi connectivity index (χ4n) is 1.92. The van der Waals surface area contributed by atoms with Crippen molar-refractivity contribution in [2.45, 2.75) is 4.90 Å². The lowest BCUT2D eigenvalue weighted by atomic mass is 10.2. The molecule has 0 aliphatic rings. The SMILES string of the molecule is CNC(=O)c1cccc(NS(=O)(=O)c2ccccc2OC)c1. The van der Waals surface area contributed by atoms with Crippen molar-refractivity contribution in [3.05, 3.63) is 54.1 Å². The Morgan fingerprint density at radius 1 is 1.09 bits per heavy atom. The number of ether oxygens (including phenoxy) is 1. The lowest BCUT2D eigenvalue weighted by molar-refractivity contribution is 0.0963. The van der Waals surface area contributed by atoms with Gasteiger partial charge in [-0.2, -0.15) is 0 Å². The van der Waals surface area contributed by atoms with E-state index in [-0.39, 0.29) is 16.6 Å². The largest absolute Gasteiger partial charge is 0.495 e. The molecule has 2 N–H and O–H groups in total. The quantitative estimate of drug-likeness (QED) is 0.880. The van der Waals surface area contributed by atoms with Gasteiger partial charge < -0.3 is 10.1 Å². The number of amides is 1. The number of benzene rings is 2. The maximum atomic E-state index is 12.4. The Morgan fingerprint density at radius 2 is 1.82 bits per heavy atom. The fraction of sp³-hybridized carbons (Fsp3) is 0.133. The summed E-state index contributed by atoms with van der Waals surface area (Å²) in [5, 5.41) is 2.49. The zero-order chi connectivity index (χ0) is 16.2. The number of hydrogen-bond donors (Lipinski definition) is 2. The van der Waals surface area contributed by atoms with Crippen LogP contribution in [-0.2, 0) is 10.0 Å². The first kappa shape index (κ1) is 15.8. The topological polar surface area (TPSA) is 84.5 Å². The van der Waals surface area contributed by atoms with E-state index in [1.165, 1.54) is 26.3 Å². The van der Waals surface area contributed by atoms with Crippen LogP contribution in [0.15, 0.2) is 53.4 Å². The molecule has 7 heteroatoms. The highest BCUT2D eigenvalue weighted by molar-refractivity contribution is 7.92. The van der Waals surface area contributed by atoms with E-state index in [4.69, 9.17) is 4.74 Å². The Labute approximate surface area is 129 Å². The van der Waals surface area contributed by atoms with Crippen LogP contribution in [0.5, 0.6) is 5.75 Å². The van der Waals surface area contributed by atoms with Crippen LogP contribution >= 0.6 is 0 Å². The van der Waals surface area contributed by atoms with Gasteiger partial charge in [0.2, 0.25) is 0 Å². The summed E-state index contributed by atoms with van der Waals surface area (Å²) >= 11 is 0. The first-order valence-electron chi connectivity index (χ1n) is 6.46. The van der Waals surface area contributed by atoms with Crippen LogP contribution in [0.1, 0.15) is 10.4 Å². The van der Waals surface area contributed by atoms with Crippen molar-refractivity contribution >= 4 is 21.6 Å². The molecule has 0 radical (unpaired) electrons. The second-order valence-electron chi connectivity index (χ2n) is 4.42. The summed E-state index contributed by atoms with van der Waals surface area (Å²) in [5.74, 6) is -0.0456. The summed E-state index contributed by atoms with van der Waals surface area (Å²) in [6.07, 6.45) is 0. The summed E-state index contributed by atoms with van der Waals surface area (Å²) in [5.41, 5.74) is 0.662. The van der Waals surface area contributed by atoms with Crippen LogP contribution < -0.4 is 14.8 Å². The van der Waals surface area contributed by atoms with Gasteiger partial charge in [-0.1, -0.05) is 18.2 Å². The van der Waals surface area contributed by atoms with E-state index in [1.54, 1.807) is 36.4 Å². The Hall–Kier alpha value is -2.54. The van der Waals surface area contributed by atoms with Crippen LogP contribution in [0.3, 0.4) is 0 Å². The van der Waals surface area contributed by atoms with Crippen LogP contribution in [0.4, 0.5) is 5.69 Å². The van der Waals surface area contributed by atoms with E-state index in [0.717, 1.165) is 0 Å². The van der Waals surface area contributed by atoms with Crippen LogP contribution in [0.2, 0.25) is 0 Å². The zero-order valence-corrected chi connectivity index (χ0v) is 13.0. The molecule has 0 saturated carbocycles. The minimum absolute atomic E-state index is 0.0304. The van der Waals surface area contributed by atoms with Crippen molar-refractivity contribution in [1.29, 1.82) is 0 Å². The zero-order valence-electron chi connectivity index (χ0n) is 12.2. The van der Waals surface area contributed by atoms with Gasteiger partial charge in [0.1, 0.15) is 10.6 Å². The van der Waals surface area contributed by atoms with Gasteiger partial charge in [-0.15, -0.1) is 0 Å².